The SMILES string of the molecule is Cc1noc2c(C(C)(C)C)nccc12. The van der Waals surface area contributed by atoms with Gasteiger partial charge in [0.05, 0.1) is 11.4 Å². The average molecular weight is 190 g/mol. The monoisotopic (exact) mass is 190 g/mol. The van der Waals surface area contributed by atoms with Crippen LogP contribution in [0.15, 0.2) is 16.8 Å². The van der Waals surface area contributed by atoms with Crippen LogP contribution in [0.1, 0.15) is 32.2 Å². The van der Waals surface area contributed by atoms with E-state index in [1.807, 2.05) is 19.2 Å². The van der Waals surface area contributed by atoms with E-state index >= 15 is 0 Å². The van der Waals surface area contributed by atoms with Gasteiger partial charge in [-0.15, -0.1) is 0 Å². The van der Waals surface area contributed by atoms with Crippen molar-refractivity contribution in [3.05, 3.63) is 23.7 Å². The molecule has 0 aliphatic heterocycles. The summed E-state index contributed by atoms with van der Waals surface area (Å²) in [6.07, 6.45) is 1.81. The molecule has 74 valence electrons. The van der Waals surface area contributed by atoms with Crippen molar-refractivity contribution in [1.29, 1.82) is 0 Å². The molecule has 0 atom stereocenters. The first-order valence-corrected chi connectivity index (χ1v) is 4.71. The van der Waals surface area contributed by atoms with Gasteiger partial charge in [-0.2, -0.15) is 0 Å². The standard InChI is InChI=1S/C11H14N2O/c1-7-8-5-6-12-10(11(2,3)4)9(8)14-13-7/h5-6H,1-4H3. The molecule has 0 unspecified atom stereocenters. The van der Waals surface area contributed by atoms with Gasteiger partial charge in [0.25, 0.3) is 0 Å². The number of pyridine rings is 1. The highest BCUT2D eigenvalue weighted by atomic mass is 16.5. The van der Waals surface area contributed by atoms with Crippen LogP contribution in [0, 0.1) is 6.92 Å². The van der Waals surface area contributed by atoms with Gasteiger partial charge in [0.1, 0.15) is 0 Å². The molecular weight excluding hydrogens is 176 g/mol. The van der Waals surface area contributed by atoms with Crippen molar-refractivity contribution < 1.29 is 4.52 Å². The molecule has 0 aromatic carbocycles. The number of nitrogens with zero attached hydrogens (tertiary/aromatic N) is 2. The van der Waals surface area contributed by atoms with E-state index < -0.39 is 0 Å². The van der Waals surface area contributed by atoms with Crippen molar-refractivity contribution in [2.24, 2.45) is 0 Å². The maximum atomic E-state index is 5.29. The molecule has 2 aromatic rings. The van der Waals surface area contributed by atoms with Gasteiger partial charge < -0.3 is 4.52 Å². The van der Waals surface area contributed by atoms with Gasteiger partial charge in [-0.25, -0.2) is 0 Å². The second-order valence-electron chi connectivity index (χ2n) is 4.55. The minimum atomic E-state index is -0.00845. The summed E-state index contributed by atoms with van der Waals surface area (Å²) in [5, 5.41) is 5.02. The first kappa shape index (κ1) is 9.19. The number of hydrogen-bond acceptors (Lipinski definition) is 3. The predicted molar refractivity (Wildman–Crippen MR) is 55.2 cm³/mol. The Hall–Kier alpha value is -1.38. The van der Waals surface area contributed by atoms with Gasteiger partial charge in [-0.1, -0.05) is 25.9 Å². The van der Waals surface area contributed by atoms with E-state index in [4.69, 9.17) is 4.52 Å². The lowest BCUT2D eigenvalue weighted by molar-refractivity contribution is 0.437. The molecule has 0 amide bonds. The van der Waals surface area contributed by atoms with Gasteiger partial charge in [-0.3, -0.25) is 4.98 Å². The molecule has 0 aliphatic carbocycles. The lowest BCUT2D eigenvalue weighted by Gasteiger charge is -2.16. The van der Waals surface area contributed by atoms with Crippen molar-refractivity contribution >= 4 is 11.0 Å². The van der Waals surface area contributed by atoms with Crippen LogP contribution in [-0.2, 0) is 5.41 Å². The van der Waals surface area contributed by atoms with Crippen molar-refractivity contribution in [2.45, 2.75) is 33.1 Å². The maximum Gasteiger partial charge on any atom is 0.189 e. The van der Waals surface area contributed by atoms with Crippen LogP contribution in [0.4, 0.5) is 0 Å². The largest absolute Gasteiger partial charge is 0.354 e. The molecule has 2 heterocycles. The van der Waals surface area contributed by atoms with E-state index in [2.05, 4.69) is 30.9 Å². The first-order chi connectivity index (χ1) is 6.50. The topological polar surface area (TPSA) is 38.9 Å². The molecule has 0 aliphatic rings. The molecule has 0 radical (unpaired) electrons. The Morgan fingerprint density at radius 3 is 2.64 bits per heavy atom. The van der Waals surface area contributed by atoms with Crippen LogP contribution in [0.2, 0.25) is 0 Å². The Bertz CT molecular complexity index is 466. The zero-order valence-electron chi connectivity index (χ0n) is 8.96. The third-order valence-corrected chi connectivity index (χ3v) is 2.28. The summed E-state index contributed by atoms with van der Waals surface area (Å²) in [6.45, 7) is 8.30. The highest BCUT2D eigenvalue weighted by Gasteiger charge is 2.21. The molecular formula is C11H14N2O. The van der Waals surface area contributed by atoms with Crippen molar-refractivity contribution in [3.8, 4) is 0 Å². The fourth-order valence-electron chi connectivity index (χ4n) is 1.52. The third kappa shape index (κ3) is 1.29. The molecule has 3 heteroatoms. The Morgan fingerprint density at radius 1 is 1.29 bits per heavy atom. The quantitative estimate of drug-likeness (QED) is 0.641. The van der Waals surface area contributed by atoms with E-state index in [1.165, 1.54) is 0 Å². The van der Waals surface area contributed by atoms with Crippen molar-refractivity contribution in [1.82, 2.24) is 10.1 Å². The summed E-state index contributed by atoms with van der Waals surface area (Å²) < 4.78 is 5.29. The second-order valence-corrected chi connectivity index (χ2v) is 4.55. The molecule has 0 spiro atoms. The molecule has 14 heavy (non-hydrogen) atoms. The number of hydrogen-bond donors (Lipinski definition) is 0. The Balaban J connectivity index is 2.79. The minimum absolute atomic E-state index is 0.00845. The highest BCUT2D eigenvalue weighted by molar-refractivity contribution is 5.81. The molecule has 0 N–H and O–H groups in total. The number of aromatic nitrogens is 2. The minimum Gasteiger partial charge on any atom is -0.354 e. The summed E-state index contributed by atoms with van der Waals surface area (Å²) in [5.41, 5.74) is 2.70. The van der Waals surface area contributed by atoms with E-state index in [0.717, 1.165) is 22.4 Å². The van der Waals surface area contributed by atoms with Gasteiger partial charge in [0.15, 0.2) is 5.58 Å². The summed E-state index contributed by atoms with van der Waals surface area (Å²) >= 11 is 0. The normalized spacial score (nSPS) is 12.3. The zero-order valence-corrected chi connectivity index (χ0v) is 8.96. The van der Waals surface area contributed by atoms with Gasteiger partial charge in [0.2, 0.25) is 0 Å². The lowest BCUT2D eigenvalue weighted by Crippen LogP contribution is -2.13. The van der Waals surface area contributed by atoms with Crippen molar-refractivity contribution in [2.75, 3.05) is 0 Å². The van der Waals surface area contributed by atoms with E-state index in [9.17, 15) is 0 Å². The van der Waals surface area contributed by atoms with Gasteiger partial charge in [-0.05, 0) is 13.0 Å². The number of aryl methyl sites for hydroxylation is 1. The first-order valence-electron chi connectivity index (χ1n) is 4.71. The highest BCUT2D eigenvalue weighted by Crippen LogP contribution is 2.28. The summed E-state index contributed by atoms with van der Waals surface area (Å²) in [5.74, 6) is 0. The second kappa shape index (κ2) is 2.80. The third-order valence-electron chi connectivity index (χ3n) is 2.28. The summed E-state index contributed by atoms with van der Waals surface area (Å²) in [6, 6.07) is 1.94. The van der Waals surface area contributed by atoms with Crippen LogP contribution in [0.3, 0.4) is 0 Å². The molecule has 0 saturated heterocycles. The molecule has 3 nitrogen and oxygen atoms in total. The van der Waals surface area contributed by atoms with Crippen LogP contribution >= 0.6 is 0 Å². The summed E-state index contributed by atoms with van der Waals surface area (Å²) in [7, 11) is 0. The van der Waals surface area contributed by atoms with Crippen LogP contribution in [-0.4, -0.2) is 10.1 Å². The molecule has 2 aromatic heterocycles. The Kier molecular flexibility index (Phi) is 1.84. The van der Waals surface area contributed by atoms with Crippen LogP contribution in [0.5, 0.6) is 0 Å². The van der Waals surface area contributed by atoms with Gasteiger partial charge in [0, 0.05) is 17.0 Å². The Labute approximate surface area is 83.1 Å². The fourth-order valence-corrected chi connectivity index (χ4v) is 1.52. The van der Waals surface area contributed by atoms with E-state index in [1.54, 1.807) is 0 Å². The number of fused-ring (bicyclic) bond motifs is 1. The fraction of sp³-hybridized carbons (Fsp3) is 0.455. The predicted octanol–water partition coefficient (Wildman–Crippen LogP) is 2.83. The molecule has 0 fully saturated rings. The average Bonchev–Trinajstić information content (AvgIpc) is 2.46. The van der Waals surface area contributed by atoms with Gasteiger partial charge >= 0.3 is 0 Å². The lowest BCUT2D eigenvalue weighted by atomic mass is 9.90. The van der Waals surface area contributed by atoms with Crippen LogP contribution in [0.25, 0.3) is 11.0 Å². The number of rotatable bonds is 0. The Morgan fingerprint density at radius 2 is 2.00 bits per heavy atom. The van der Waals surface area contributed by atoms with E-state index in [-0.39, 0.29) is 5.41 Å². The molecule has 0 bridgehead atoms. The van der Waals surface area contributed by atoms with Crippen molar-refractivity contribution in [3.63, 3.8) is 0 Å². The summed E-state index contributed by atoms with van der Waals surface area (Å²) in [4.78, 5) is 4.36. The zero-order chi connectivity index (χ0) is 10.3. The van der Waals surface area contributed by atoms with Crippen LogP contribution < -0.4 is 0 Å². The smallest absolute Gasteiger partial charge is 0.189 e. The maximum absolute atomic E-state index is 5.29. The molecule has 2 rings (SSSR count). The van der Waals surface area contributed by atoms with E-state index in [0.29, 0.717) is 0 Å². The molecule has 0 saturated carbocycles.